The minimum Gasteiger partial charge on any atom is -0.494 e. The van der Waals surface area contributed by atoms with Crippen molar-refractivity contribution in [2.45, 2.75) is 44.6 Å². The molecular formula is C44H62N6O8S. The van der Waals surface area contributed by atoms with E-state index in [1.54, 1.807) is 29.2 Å². The largest absolute Gasteiger partial charge is 0.494 e. The molecule has 0 saturated carbocycles. The summed E-state index contributed by atoms with van der Waals surface area (Å²) in [6, 6.07) is 27.5. The summed E-state index contributed by atoms with van der Waals surface area (Å²) in [5.74, 6) is -2.00. The molecule has 0 aromatic heterocycles. The summed E-state index contributed by atoms with van der Waals surface area (Å²) in [5.41, 5.74) is 2.54. The molecule has 0 spiro atoms. The van der Waals surface area contributed by atoms with Crippen molar-refractivity contribution in [2.24, 2.45) is 0 Å². The number of hydrogen-bond donors (Lipinski definition) is 2. The van der Waals surface area contributed by atoms with Crippen LogP contribution in [0, 0.1) is 0 Å². The Labute approximate surface area is 350 Å². The molecule has 14 nitrogen and oxygen atoms in total. The molecule has 0 radical (unpaired) electrons. The number of piperazine rings is 2. The highest BCUT2D eigenvalue weighted by Crippen LogP contribution is 2.20. The third-order valence-electron chi connectivity index (χ3n) is 10.4. The molecule has 2 heterocycles. The molecule has 2 aliphatic heterocycles. The van der Waals surface area contributed by atoms with E-state index in [2.05, 4.69) is 80.3 Å². The third kappa shape index (κ3) is 15.9. The maximum absolute atomic E-state index is 14.2. The number of urea groups is 1. The van der Waals surface area contributed by atoms with Crippen LogP contribution in [0.2, 0.25) is 0 Å². The van der Waals surface area contributed by atoms with Crippen molar-refractivity contribution in [3.8, 4) is 5.75 Å². The van der Waals surface area contributed by atoms with Gasteiger partial charge in [0, 0.05) is 102 Å². The van der Waals surface area contributed by atoms with Crippen molar-refractivity contribution in [3.63, 3.8) is 0 Å². The number of ether oxygens (including phenoxy) is 1. The zero-order valence-electron chi connectivity index (χ0n) is 34.8. The number of carboxylic acids is 2. The van der Waals surface area contributed by atoms with Gasteiger partial charge in [-0.15, -0.1) is 0 Å². The second-order valence-electron chi connectivity index (χ2n) is 14.8. The highest BCUT2D eigenvalue weighted by Gasteiger charge is 2.27. The predicted octanol–water partition coefficient (Wildman–Crippen LogP) is 5.13. The van der Waals surface area contributed by atoms with Crippen LogP contribution in [0.3, 0.4) is 0 Å². The molecule has 2 N–H and O–H groups in total. The van der Waals surface area contributed by atoms with Gasteiger partial charge in [-0.1, -0.05) is 36.4 Å². The number of anilines is 2. The van der Waals surface area contributed by atoms with E-state index in [4.69, 9.17) is 14.9 Å². The highest BCUT2D eigenvalue weighted by molar-refractivity contribution is 7.91. The van der Waals surface area contributed by atoms with Crippen LogP contribution in [-0.4, -0.2) is 160 Å². The molecule has 2 aliphatic rings. The Kier molecular flexibility index (Phi) is 19.0. The Morgan fingerprint density at radius 1 is 0.678 bits per heavy atom. The first kappa shape index (κ1) is 46.6. The van der Waals surface area contributed by atoms with E-state index < -0.39 is 21.8 Å². The quantitative estimate of drug-likeness (QED) is 0.154. The lowest BCUT2D eigenvalue weighted by molar-refractivity contribution is -0.134. The van der Waals surface area contributed by atoms with Crippen molar-refractivity contribution in [2.75, 3.05) is 107 Å². The molecule has 0 aliphatic carbocycles. The van der Waals surface area contributed by atoms with E-state index in [1.165, 1.54) is 11.4 Å². The van der Waals surface area contributed by atoms with Gasteiger partial charge in [0.05, 0.1) is 17.3 Å². The molecule has 59 heavy (non-hydrogen) atoms. The van der Waals surface area contributed by atoms with Gasteiger partial charge in [0.25, 0.3) is 0 Å². The number of amides is 2. The average Bonchev–Trinajstić information content (AvgIpc) is 3.24. The van der Waals surface area contributed by atoms with Crippen molar-refractivity contribution in [3.05, 3.63) is 97.1 Å². The molecule has 2 fully saturated rings. The number of aliphatic carboxylic acids is 2. The highest BCUT2D eigenvalue weighted by atomic mass is 32.2. The van der Waals surface area contributed by atoms with E-state index in [0.717, 1.165) is 78.3 Å². The number of nitrogens with zero attached hydrogens (tertiary/aromatic N) is 6. The number of para-hydroxylation sites is 2. The lowest BCUT2D eigenvalue weighted by Crippen LogP contribution is -2.50. The molecule has 15 heteroatoms. The summed E-state index contributed by atoms with van der Waals surface area (Å²) in [7, 11) is -3.58. The van der Waals surface area contributed by atoms with Crippen LogP contribution in [-0.2, 0) is 19.4 Å². The van der Waals surface area contributed by atoms with E-state index >= 15 is 0 Å². The van der Waals surface area contributed by atoms with Crippen LogP contribution in [0.1, 0.15) is 33.6 Å². The molecule has 3 aromatic carbocycles. The van der Waals surface area contributed by atoms with Gasteiger partial charge in [0.2, 0.25) is 0 Å². The summed E-state index contributed by atoms with van der Waals surface area (Å²) in [5, 5.41) is 15.6. The molecule has 2 saturated heterocycles. The van der Waals surface area contributed by atoms with Crippen molar-refractivity contribution >= 4 is 39.2 Å². The zero-order chi connectivity index (χ0) is 42.6. The fourth-order valence-corrected chi connectivity index (χ4v) is 8.38. The number of benzene rings is 3. The van der Waals surface area contributed by atoms with Gasteiger partial charge in [0.15, 0.2) is 9.84 Å². The second-order valence-corrected chi connectivity index (χ2v) is 16.9. The fourth-order valence-electron chi connectivity index (χ4n) is 7.16. The first-order chi connectivity index (χ1) is 28.4. The molecule has 0 unspecified atom stereocenters. The van der Waals surface area contributed by atoms with E-state index in [9.17, 15) is 22.8 Å². The molecule has 5 rings (SSSR count). The maximum atomic E-state index is 14.2. The predicted molar refractivity (Wildman–Crippen MR) is 232 cm³/mol. The zero-order valence-corrected chi connectivity index (χ0v) is 35.6. The smallest absolute Gasteiger partial charge is 0.328 e. The number of rotatable bonds is 19. The van der Waals surface area contributed by atoms with Gasteiger partial charge in [-0.25, -0.2) is 22.8 Å². The van der Waals surface area contributed by atoms with Gasteiger partial charge >= 0.3 is 18.0 Å². The first-order valence-corrected chi connectivity index (χ1v) is 22.2. The van der Waals surface area contributed by atoms with Crippen LogP contribution >= 0.6 is 0 Å². The number of carboxylic acid groups (broad SMARTS) is 2. The summed E-state index contributed by atoms with van der Waals surface area (Å²) in [6.45, 7) is 17.6. The Balaban J connectivity index is 0.000000870. The Bertz CT molecular complexity index is 1770. The SMILES string of the molecule is CCOc1ccc(S(=O)(=O)CCN(C(=O)N(CCCN2CCN(c3ccccc3)CC2)CCCN2CCN(c3ccccc3)CC2)C(C)C)cc1.O=C(O)C=CC(=O)O. The van der Waals surface area contributed by atoms with Gasteiger partial charge in [0.1, 0.15) is 5.75 Å². The van der Waals surface area contributed by atoms with E-state index in [1.807, 2.05) is 25.7 Å². The summed E-state index contributed by atoms with van der Waals surface area (Å²) in [6.07, 6.45) is 2.87. The molecular weight excluding hydrogens is 773 g/mol. The van der Waals surface area contributed by atoms with Crippen molar-refractivity contribution in [1.82, 2.24) is 19.6 Å². The van der Waals surface area contributed by atoms with Crippen LogP contribution in [0.25, 0.3) is 0 Å². The Morgan fingerprint density at radius 2 is 1.12 bits per heavy atom. The van der Waals surface area contributed by atoms with Crippen molar-refractivity contribution in [1.29, 1.82) is 0 Å². The number of carbonyl (C=O) groups is 3. The fraction of sp³-hybridized carbons (Fsp3) is 0.477. The van der Waals surface area contributed by atoms with Gasteiger partial charge in [-0.2, -0.15) is 0 Å². The number of carbonyl (C=O) groups excluding carboxylic acids is 1. The summed E-state index contributed by atoms with van der Waals surface area (Å²) >= 11 is 0. The van der Waals surface area contributed by atoms with Crippen molar-refractivity contribution < 1.29 is 37.8 Å². The Morgan fingerprint density at radius 3 is 1.51 bits per heavy atom. The van der Waals surface area contributed by atoms with Gasteiger partial charge < -0.3 is 34.5 Å². The topological polar surface area (TPSA) is 154 Å². The first-order valence-electron chi connectivity index (χ1n) is 20.6. The molecule has 3 aromatic rings. The van der Waals surface area contributed by atoms with Crippen LogP contribution in [0.5, 0.6) is 5.75 Å². The Hall–Kier alpha value is -5.12. The summed E-state index contributed by atoms with van der Waals surface area (Å²) < 4.78 is 32.1. The average molecular weight is 835 g/mol. The minimum absolute atomic E-state index is 0.0744. The van der Waals surface area contributed by atoms with E-state index in [0.29, 0.717) is 37.6 Å². The molecule has 0 bridgehead atoms. The minimum atomic E-state index is -3.58. The van der Waals surface area contributed by atoms with Gasteiger partial charge in [-0.05, 0) is 95.2 Å². The third-order valence-corrected chi connectivity index (χ3v) is 12.1. The number of hydrogen-bond acceptors (Lipinski definition) is 10. The molecule has 2 amide bonds. The second kappa shape index (κ2) is 24.1. The molecule has 0 atom stereocenters. The standard InChI is InChI=1S/C40H58N6O4S.C4H4O4/c1-4-50-38-17-19-39(20-18-38)51(48,49)34-33-46(35(2)3)40(47)45(23-11-21-41-25-29-43(30-26-41)36-13-7-5-8-14-36)24-12-22-42-27-31-44(32-28-42)37-15-9-6-10-16-37;5-3(6)1-2-4(7)8/h5-10,13-20,35H,4,11-12,21-34H2,1-3H3;1-2H,(H,5,6)(H,7,8). The normalized spacial score (nSPS) is 15.1. The maximum Gasteiger partial charge on any atom is 0.328 e. The van der Waals surface area contributed by atoms with Crippen LogP contribution < -0.4 is 14.5 Å². The van der Waals surface area contributed by atoms with E-state index in [-0.39, 0.29) is 29.3 Å². The molecule has 322 valence electrons. The van der Waals surface area contributed by atoms with Crippen LogP contribution in [0.15, 0.2) is 102 Å². The van der Waals surface area contributed by atoms with Gasteiger partial charge in [-0.3, -0.25) is 9.80 Å². The monoisotopic (exact) mass is 834 g/mol. The van der Waals surface area contributed by atoms with Crippen LogP contribution in [0.4, 0.5) is 16.2 Å². The summed E-state index contributed by atoms with van der Waals surface area (Å²) in [4.78, 5) is 47.2. The number of sulfone groups is 1. The lowest BCUT2D eigenvalue weighted by atomic mass is 10.2. The lowest BCUT2D eigenvalue weighted by Gasteiger charge is -2.38.